The van der Waals surface area contributed by atoms with Crippen LogP contribution in [0.2, 0.25) is 0 Å². The third-order valence-corrected chi connectivity index (χ3v) is 3.16. The Balaban J connectivity index is 1.80. The van der Waals surface area contributed by atoms with Crippen molar-refractivity contribution < 1.29 is 14.9 Å². The summed E-state index contributed by atoms with van der Waals surface area (Å²) in [6, 6.07) is 9.00. The van der Waals surface area contributed by atoms with Gasteiger partial charge in [0.1, 0.15) is 24.5 Å². The molecular formula is C14H18N2O3. The van der Waals surface area contributed by atoms with Gasteiger partial charge < -0.3 is 14.9 Å². The molecule has 2 rings (SSSR count). The number of aliphatic hydroxyl groups excluding tert-OH is 2. The molecule has 0 aromatic heterocycles. The van der Waals surface area contributed by atoms with Gasteiger partial charge in [-0.25, -0.2) is 0 Å². The maximum atomic E-state index is 9.89. The number of aliphatic hydroxyl groups is 2. The minimum atomic E-state index is -0.628. The number of hydrogen-bond donors (Lipinski definition) is 2. The van der Waals surface area contributed by atoms with E-state index in [0.29, 0.717) is 24.4 Å². The van der Waals surface area contributed by atoms with E-state index in [0.717, 1.165) is 13.0 Å². The third-order valence-electron chi connectivity index (χ3n) is 3.16. The molecule has 1 aliphatic heterocycles. The summed E-state index contributed by atoms with van der Waals surface area (Å²) in [6.45, 7) is 2.02. The molecule has 5 nitrogen and oxygen atoms in total. The lowest BCUT2D eigenvalue weighted by atomic mass is 10.2. The maximum absolute atomic E-state index is 9.89. The molecule has 2 unspecified atom stereocenters. The van der Waals surface area contributed by atoms with E-state index in [4.69, 9.17) is 10.00 Å². The molecule has 0 radical (unpaired) electrons. The zero-order valence-corrected chi connectivity index (χ0v) is 10.7. The number of hydrogen-bond acceptors (Lipinski definition) is 5. The molecule has 0 saturated carbocycles. The number of rotatable bonds is 5. The molecule has 1 saturated heterocycles. The monoisotopic (exact) mass is 262 g/mol. The number of β-amino-alcohol motifs (C(OH)–C–C–N with tert-alkyl or cyclic N) is 2. The summed E-state index contributed by atoms with van der Waals surface area (Å²) in [6.07, 6.45) is -0.158. The Kier molecular flexibility index (Phi) is 4.74. The molecule has 2 atom stereocenters. The molecule has 2 N–H and O–H groups in total. The largest absolute Gasteiger partial charge is 0.489 e. The van der Waals surface area contributed by atoms with Crippen molar-refractivity contribution in [2.24, 2.45) is 0 Å². The van der Waals surface area contributed by atoms with Crippen LogP contribution in [0, 0.1) is 11.3 Å². The lowest BCUT2D eigenvalue weighted by Crippen LogP contribution is -2.34. The molecule has 5 heteroatoms. The number of para-hydroxylation sites is 1. The Labute approximate surface area is 112 Å². The van der Waals surface area contributed by atoms with Crippen LogP contribution in [0.4, 0.5) is 0 Å². The second kappa shape index (κ2) is 6.53. The van der Waals surface area contributed by atoms with E-state index in [1.54, 1.807) is 24.3 Å². The van der Waals surface area contributed by atoms with Crippen LogP contribution in [-0.4, -0.2) is 53.6 Å². The van der Waals surface area contributed by atoms with Gasteiger partial charge in [-0.3, -0.25) is 4.90 Å². The number of nitriles is 1. The quantitative estimate of drug-likeness (QED) is 0.801. The van der Waals surface area contributed by atoms with Crippen LogP contribution in [0.3, 0.4) is 0 Å². The van der Waals surface area contributed by atoms with Gasteiger partial charge in [0.2, 0.25) is 0 Å². The predicted molar refractivity (Wildman–Crippen MR) is 69.7 cm³/mol. The molecule has 1 fully saturated rings. The first-order chi connectivity index (χ1) is 9.19. The van der Waals surface area contributed by atoms with Crippen LogP contribution in [0.1, 0.15) is 12.0 Å². The van der Waals surface area contributed by atoms with Gasteiger partial charge in [-0.05, 0) is 18.6 Å². The summed E-state index contributed by atoms with van der Waals surface area (Å²) >= 11 is 0. The van der Waals surface area contributed by atoms with Crippen LogP contribution in [0.15, 0.2) is 24.3 Å². The van der Waals surface area contributed by atoms with E-state index in [1.807, 2.05) is 11.0 Å². The highest BCUT2D eigenvalue weighted by molar-refractivity contribution is 5.42. The molecule has 0 amide bonds. The molecule has 1 aliphatic rings. The van der Waals surface area contributed by atoms with E-state index in [2.05, 4.69) is 0 Å². The van der Waals surface area contributed by atoms with Crippen molar-refractivity contribution in [3.8, 4) is 11.8 Å². The summed E-state index contributed by atoms with van der Waals surface area (Å²) in [5.74, 6) is 0.491. The average molecular weight is 262 g/mol. The van der Waals surface area contributed by atoms with Crippen molar-refractivity contribution in [2.45, 2.75) is 18.6 Å². The predicted octanol–water partition coefficient (Wildman–Crippen LogP) is 0.365. The molecule has 1 aromatic rings. The second-order valence-corrected chi connectivity index (χ2v) is 4.77. The fourth-order valence-corrected chi connectivity index (χ4v) is 2.20. The molecule has 102 valence electrons. The van der Waals surface area contributed by atoms with E-state index in [1.165, 1.54) is 0 Å². The Morgan fingerprint density at radius 3 is 2.95 bits per heavy atom. The normalized spacial score (nSPS) is 21.0. The standard InChI is InChI=1S/C14H18N2O3/c15-7-11-3-1-2-4-14(11)19-10-13(18)9-16-6-5-12(17)8-16/h1-4,12-13,17-18H,5-6,8-10H2. The van der Waals surface area contributed by atoms with E-state index >= 15 is 0 Å². The molecular weight excluding hydrogens is 244 g/mol. The number of nitrogens with zero attached hydrogens (tertiary/aromatic N) is 2. The van der Waals surface area contributed by atoms with Gasteiger partial charge in [-0.2, -0.15) is 5.26 Å². The zero-order chi connectivity index (χ0) is 13.7. The van der Waals surface area contributed by atoms with Crippen molar-refractivity contribution in [1.82, 2.24) is 4.90 Å². The molecule has 1 heterocycles. The molecule has 0 spiro atoms. The average Bonchev–Trinajstić information content (AvgIpc) is 2.82. The molecule has 0 aliphatic carbocycles. The zero-order valence-electron chi connectivity index (χ0n) is 10.7. The lowest BCUT2D eigenvalue weighted by Gasteiger charge is -2.19. The van der Waals surface area contributed by atoms with Crippen LogP contribution >= 0.6 is 0 Å². The van der Waals surface area contributed by atoms with Gasteiger partial charge in [-0.15, -0.1) is 0 Å². The molecule has 0 bridgehead atoms. The van der Waals surface area contributed by atoms with Gasteiger partial charge in [0.15, 0.2) is 0 Å². The van der Waals surface area contributed by atoms with Crippen molar-refractivity contribution in [1.29, 1.82) is 5.26 Å². The smallest absolute Gasteiger partial charge is 0.137 e. The fraction of sp³-hybridized carbons (Fsp3) is 0.500. The van der Waals surface area contributed by atoms with Gasteiger partial charge in [0, 0.05) is 19.6 Å². The lowest BCUT2D eigenvalue weighted by molar-refractivity contribution is 0.0706. The Bertz CT molecular complexity index is 458. The van der Waals surface area contributed by atoms with Gasteiger partial charge in [-0.1, -0.05) is 12.1 Å². The summed E-state index contributed by atoms with van der Waals surface area (Å²) in [5, 5.41) is 28.2. The van der Waals surface area contributed by atoms with Crippen LogP contribution in [0.5, 0.6) is 5.75 Å². The maximum Gasteiger partial charge on any atom is 0.137 e. The van der Waals surface area contributed by atoms with E-state index < -0.39 is 6.10 Å². The molecule has 19 heavy (non-hydrogen) atoms. The van der Waals surface area contributed by atoms with E-state index in [-0.39, 0.29) is 12.7 Å². The Hall–Kier alpha value is -1.61. The minimum absolute atomic E-state index is 0.144. The number of ether oxygens (including phenoxy) is 1. The first-order valence-corrected chi connectivity index (χ1v) is 6.39. The van der Waals surface area contributed by atoms with Crippen LogP contribution in [0.25, 0.3) is 0 Å². The van der Waals surface area contributed by atoms with Crippen molar-refractivity contribution in [3.63, 3.8) is 0 Å². The molecule has 1 aromatic carbocycles. The number of likely N-dealkylation sites (tertiary alicyclic amines) is 1. The van der Waals surface area contributed by atoms with Crippen molar-refractivity contribution >= 4 is 0 Å². The third kappa shape index (κ3) is 3.93. The van der Waals surface area contributed by atoms with Crippen LogP contribution in [-0.2, 0) is 0 Å². The van der Waals surface area contributed by atoms with Gasteiger partial charge >= 0.3 is 0 Å². The van der Waals surface area contributed by atoms with Crippen molar-refractivity contribution in [3.05, 3.63) is 29.8 Å². The van der Waals surface area contributed by atoms with Gasteiger partial charge in [0.05, 0.1) is 11.7 Å². The highest BCUT2D eigenvalue weighted by Gasteiger charge is 2.22. The second-order valence-electron chi connectivity index (χ2n) is 4.77. The Morgan fingerprint density at radius 1 is 1.47 bits per heavy atom. The summed E-state index contributed by atoms with van der Waals surface area (Å²) < 4.78 is 5.47. The summed E-state index contributed by atoms with van der Waals surface area (Å²) in [7, 11) is 0. The SMILES string of the molecule is N#Cc1ccccc1OCC(O)CN1CCC(O)C1. The van der Waals surface area contributed by atoms with Crippen LogP contribution < -0.4 is 4.74 Å². The number of benzene rings is 1. The topological polar surface area (TPSA) is 76.7 Å². The Morgan fingerprint density at radius 2 is 2.26 bits per heavy atom. The van der Waals surface area contributed by atoms with Crippen molar-refractivity contribution in [2.75, 3.05) is 26.2 Å². The first kappa shape index (κ1) is 13.8. The highest BCUT2D eigenvalue weighted by atomic mass is 16.5. The van der Waals surface area contributed by atoms with E-state index in [9.17, 15) is 10.2 Å². The fourth-order valence-electron chi connectivity index (χ4n) is 2.20. The summed E-state index contributed by atoms with van der Waals surface area (Å²) in [5.41, 5.74) is 0.464. The first-order valence-electron chi connectivity index (χ1n) is 6.39. The summed E-state index contributed by atoms with van der Waals surface area (Å²) in [4.78, 5) is 2.01. The van der Waals surface area contributed by atoms with Gasteiger partial charge in [0.25, 0.3) is 0 Å². The minimum Gasteiger partial charge on any atom is -0.489 e. The highest BCUT2D eigenvalue weighted by Crippen LogP contribution is 2.17.